The second kappa shape index (κ2) is 8.54. The van der Waals surface area contributed by atoms with Crippen LogP contribution in [0.2, 0.25) is 0 Å². The highest BCUT2D eigenvalue weighted by molar-refractivity contribution is 7.80. The van der Waals surface area contributed by atoms with E-state index in [0.29, 0.717) is 5.11 Å². The summed E-state index contributed by atoms with van der Waals surface area (Å²) >= 11 is 5.38. The van der Waals surface area contributed by atoms with Crippen molar-refractivity contribution in [1.29, 1.82) is 0 Å². The number of hydrogen-bond donors (Lipinski definition) is 2. The van der Waals surface area contributed by atoms with Crippen LogP contribution in [0.4, 0.5) is 11.4 Å². The summed E-state index contributed by atoms with van der Waals surface area (Å²) < 4.78 is 5.80. The van der Waals surface area contributed by atoms with Gasteiger partial charge in [0.05, 0.1) is 5.69 Å². The normalized spacial score (nSPS) is 14.6. The van der Waals surface area contributed by atoms with E-state index in [2.05, 4.69) is 32.9 Å². The Labute approximate surface area is 169 Å². The van der Waals surface area contributed by atoms with Crippen LogP contribution in [0.3, 0.4) is 0 Å². The molecule has 0 saturated carbocycles. The second-order valence-corrected chi connectivity index (χ2v) is 6.66. The fraction of sp³-hybridized carbons (Fsp3) is 0.0909. The number of amidine groups is 1. The summed E-state index contributed by atoms with van der Waals surface area (Å²) in [6.45, 7) is 0.858. The maximum absolute atomic E-state index is 5.80. The minimum Gasteiger partial charge on any atom is -0.457 e. The smallest absolute Gasteiger partial charge is 0.198 e. The summed E-state index contributed by atoms with van der Waals surface area (Å²) in [7, 11) is 0. The molecule has 1 aliphatic heterocycles. The molecule has 0 bridgehead atoms. The van der Waals surface area contributed by atoms with E-state index in [1.165, 1.54) is 0 Å². The number of hydrogen-bond acceptors (Lipinski definition) is 3. The SMILES string of the molecule is S=C(N=C1CCN(c2ccccc2)N1)Nc1ccc(Oc2ccccc2)cc1. The lowest BCUT2D eigenvalue weighted by atomic mass is 10.3. The van der Waals surface area contributed by atoms with Crippen LogP contribution in [0.15, 0.2) is 89.9 Å². The first kappa shape index (κ1) is 18.0. The molecule has 1 saturated heterocycles. The van der Waals surface area contributed by atoms with Gasteiger partial charge in [-0.1, -0.05) is 36.4 Å². The van der Waals surface area contributed by atoms with Gasteiger partial charge in [0.15, 0.2) is 5.11 Å². The lowest BCUT2D eigenvalue weighted by Gasteiger charge is -2.17. The van der Waals surface area contributed by atoms with Crippen molar-refractivity contribution in [3.05, 3.63) is 84.9 Å². The van der Waals surface area contributed by atoms with E-state index < -0.39 is 0 Å². The second-order valence-electron chi connectivity index (χ2n) is 6.28. The lowest BCUT2D eigenvalue weighted by Crippen LogP contribution is -2.33. The molecule has 0 unspecified atom stereocenters. The molecule has 5 nitrogen and oxygen atoms in total. The van der Waals surface area contributed by atoms with Crippen LogP contribution in [0.1, 0.15) is 6.42 Å². The Balaban J connectivity index is 1.33. The molecule has 1 aliphatic rings. The van der Waals surface area contributed by atoms with Crippen LogP contribution < -0.4 is 20.5 Å². The number of nitrogens with zero attached hydrogens (tertiary/aromatic N) is 2. The Morgan fingerprint density at radius 2 is 1.54 bits per heavy atom. The molecule has 0 spiro atoms. The van der Waals surface area contributed by atoms with Crippen molar-refractivity contribution in [3.63, 3.8) is 0 Å². The molecule has 3 aromatic rings. The summed E-state index contributed by atoms with van der Waals surface area (Å²) in [4.78, 5) is 4.49. The molecule has 140 valence electrons. The first-order valence-corrected chi connectivity index (χ1v) is 9.48. The summed E-state index contributed by atoms with van der Waals surface area (Å²) in [6, 6.07) is 27.5. The third kappa shape index (κ3) is 4.66. The quantitative estimate of drug-likeness (QED) is 0.617. The van der Waals surface area contributed by atoms with E-state index in [9.17, 15) is 0 Å². The first-order valence-electron chi connectivity index (χ1n) is 9.07. The van der Waals surface area contributed by atoms with Crippen molar-refractivity contribution in [2.75, 3.05) is 16.9 Å². The van der Waals surface area contributed by atoms with Crippen LogP contribution in [0.25, 0.3) is 0 Å². The van der Waals surface area contributed by atoms with Gasteiger partial charge in [-0.05, 0) is 60.7 Å². The Morgan fingerprint density at radius 3 is 2.25 bits per heavy atom. The number of anilines is 2. The highest BCUT2D eigenvalue weighted by Gasteiger charge is 2.17. The molecule has 0 aliphatic carbocycles. The highest BCUT2D eigenvalue weighted by atomic mass is 32.1. The van der Waals surface area contributed by atoms with Crippen LogP contribution in [-0.2, 0) is 0 Å². The Morgan fingerprint density at radius 1 is 0.893 bits per heavy atom. The topological polar surface area (TPSA) is 48.9 Å². The van der Waals surface area contributed by atoms with Crippen LogP contribution in [0.5, 0.6) is 11.5 Å². The van der Waals surface area contributed by atoms with E-state index >= 15 is 0 Å². The molecule has 2 N–H and O–H groups in total. The molecule has 3 aromatic carbocycles. The largest absolute Gasteiger partial charge is 0.457 e. The maximum atomic E-state index is 5.80. The molecule has 4 rings (SSSR count). The number of thiocarbonyl (C=S) groups is 1. The standard InChI is InChI=1S/C22H20N4OS/c28-22(24-21-15-16-26(25-21)18-7-3-1-4-8-18)23-17-11-13-20(14-12-17)27-19-9-5-2-6-10-19/h1-14H,15-16H2,(H2,23,24,25,28). The third-order valence-corrected chi connectivity index (χ3v) is 4.42. The molecule has 0 radical (unpaired) electrons. The molecular formula is C22H20N4OS. The number of hydrazine groups is 1. The number of rotatable bonds is 4. The molecule has 0 aromatic heterocycles. The van der Waals surface area contributed by atoms with Gasteiger partial charge in [0.25, 0.3) is 0 Å². The Kier molecular flexibility index (Phi) is 5.49. The molecule has 0 amide bonds. The third-order valence-electron chi connectivity index (χ3n) is 4.23. The van der Waals surface area contributed by atoms with Crippen LogP contribution in [0, 0.1) is 0 Å². The molecule has 28 heavy (non-hydrogen) atoms. The number of ether oxygens (including phenoxy) is 1. The molecule has 1 fully saturated rings. The van der Waals surface area contributed by atoms with Crippen molar-refractivity contribution in [2.24, 2.45) is 4.99 Å². The molecule has 6 heteroatoms. The van der Waals surface area contributed by atoms with Crippen molar-refractivity contribution in [2.45, 2.75) is 6.42 Å². The minimum atomic E-state index is 0.425. The Hall–Kier alpha value is -3.38. The average molecular weight is 388 g/mol. The lowest BCUT2D eigenvalue weighted by molar-refractivity contribution is 0.483. The van der Waals surface area contributed by atoms with Gasteiger partial charge in [0.1, 0.15) is 17.3 Å². The van der Waals surface area contributed by atoms with Gasteiger partial charge in [-0.25, -0.2) is 4.99 Å². The van der Waals surface area contributed by atoms with Crippen LogP contribution in [-0.4, -0.2) is 17.5 Å². The van der Waals surface area contributed by atoms with E-state index in [4.69, 9.17) is 17.0 Å². The highest BCUT2D eigenvalue weighted by Crippen LogP contribution is 2.22. The van der Waals surface area contributed by atoms with Gasteiger partial charge < -0.3 is 10.1 Å². The van der Waals surface area contributed by atoms with E-state index in [1.807, 2.05) is 72.8 Å². The van der Waals surface area contributed by atoms with Gasteiger partial charge in [0, 0.05) is 18.7 Å². The van der Waals surface area contributed by atoms with E-state index in [-0.39, 0.29) is 0 Å². The van der Waals surface area contributed by atoms with Crippen molar-refractivity contribution in [3.8, 4) is 11.5 Å². The summed E-state index contributed by atoms with van der Waals surface area (Å²) in [6.07, 6.45) is 0.820. The minimum absolute atomic E-state index is 0.425. The average Bonchev–Trinajstić information content (AvgIpc) is 3.19. The van der Waals surface area contributed by atoms with Gasteiger partial charge in [-0.15, -0.1) is 0 Å². The summed E-state index contributed by atoms with van der Waals surface area (Å²) in [5, 5.41) is 5.64. The van der Waals surface area contributed by atoms with Gasteiger partial charge in [-0.2, -0.15) is 0 Å². The number of nitrogens with one attached hydrogen (secondary N) is 2. The van der Waals surface area contributed by atoms with Crippen molar-refractivity contribution in [1.82, 2.24) is 5.43 Å². The molecule has 0 atom stereocenters. The fourth-order valence-corrected chi connectivity index (χ4v) is 3.10. The number of para-hydroxylation sites is 2. The number of benzene rings is 3. The maximum Gasteiger partial charge on any atom is 0.198 e. The van der Waals surface area contributed by atoms with Gasteiger partial charge in [0.2, 0.25) is 0 Å². The monoisotopic (exact) mass is 388 g/mol. The predicted molar refractivity (Wildman–Crippen MR) is 118 cm³/mol. The zero-order valence-electron chi connectivity index (χ0n) is 15.2. The van der Waals surface area contributed by atoms with E-state index in [0.717, 1.165) is 41.7 Å². The Bertz CT molecular complexity index is 959. The zero-order valence-corrected chi connectivity index (χ0v) is 16.0. The molecular weight excluding hydrogens is 368 g/mol. The van der Waals surface area contributed by atoms with Gasteiger partial charge in [-0.3, -0.25) is 10.4 Å². The number of aliphatic imine (C=N–C) groups is 1. The summed E-state index contributed by atoms with van der Waals surface area (Å²) in [5.41, 5.74) is 5.28. The zero-order chi connectivity index (χ0) is 19.2. The summed E-state index contributed by atoms with van der Waals surface area (Å²) in [5.74, 6) is 2.43. The van der Waals surface area contributed by atoms with Crippen LogP contribution >= 0.6 is 12.2 Å². The predicted octanol–water partition coefficient (Wildman–Crippen LogP) is 4.99. The fourth-order valence-electron chi connectivity index (χ4n) is 2.87. The molecule has 1 heterocycles. The first-order chi connectivity index (χ1) is 13.8. The van der Waals surface area contributed by atoms with E-state index in [1.54, 1.807) is 0 Å². The van der Waals surface area contributed by atoms with Crippen molar-refractivity contribution >= 4 is 34.5 Å². The van der Waals surface area contributed by atoms with Gasteiger partial charge >= 0.3 is 0 Å². The van der Waals surface area contributed by atoms with Crippen molar-refractivity contribution < 1.29 is 4.74 Å².